The molecule has 1 aliphatic heterocycles. The van der Waals surface area contributed by atoms with Crippen molar-refractivity contribution >= 4 is 32.6 Å². The molecule has 0 saturated carbocycles. The van der Waals surface area contributed by atoms with Gasteiger partial charge in [-0.05, 0) is 67.6 Å². The maximum absolute atomic E-state index is 15.5. The van der Waals surface area contributed by atoms with Crippen LogP contribution in [0, 0.1) is 12.7 Å². The standard InChI is InChI=1S/C30H31FN8O3S/c1-18-8-9-20-21(10-11-24(31)26(20)23-17-39(2)37-28(23)38-43(3,40)41)27(18)42-29-22(7-5-14-33-29)25-12-15-34-30(36-25)35-19-6-4-13-32-16-19/h5,7-12,14-15,17,19,32H,4,6,13,16H2,1-3H3,(H,37,38)(H,34,35,36)/t19-/m0/s1. The molecule has 43 heavy (non-hydrogen) atoms. The molecule has 1 aliphatic rings. The van der Waals surface area contributed by atoms with Gasteiger partial charge in [-0.3, -0.25) is 9.40 Å². The highest BCUT2D eigenvalue weighted by Gasteiger charge is 2.22. The molecule has 1 fully saturated rings. The summed E-state index contributed by atoms with van der Waals surface area (Å²) >= 11 is 0. The van der Waals surface area contributed by atoms with Crippen LogP contribution >= 0.6 is 0 Å². The molecule has 0 aliphatic carbocycles. The summed E-state index contributed by atoms with van der Waals surface area (Å²) in [7, 11) is -2.02. The first-order valence-corrected chi connectivity index (χ1v) is 15.7. The zero-order valence-electron chi connectivity index (χ0n) is 23.9. The number of hydrogen-bond acceptors (Lipinski definition) is 9. The third-order valence-electron chi connectivity index (χ3n) is 7.21. The molecule has 3 aromatic heterocycles. The van der Waals surface area contributed by atoms with E-state index in [4.69, 9.17) is 9.72 Å². The van der Waals surface area contributed by atoms with Gasteiger partial charge in [0.05, 0.1) is 17.5 Å². The summed E-state index contributed by atoms with van der Waals surface area (Å²) in [5.74, 6) is 0.843. The van der Waals surface area contributed by atoms with Crippen LogP contribution in [-0.4, -0.2) is 58.5 Å². The van der Waals surface area contributed by atoms with Crippen LogP contribution in [0.25, 0.3) is 33.2 Å². The van der Waals surface area contributed by atoms with Crippen LogP contribution in [-0.2, 0) is 17.1 Å². The lowest BCUT2D eigenvalue weighted by molar-refractivity contribution is 0.466. The van der Waals surface area contributed by atoms with Crippen molar-refractivity contribution in [2.24, 2.45) is 7.05 Å². The summed E-state index contributed by atoms with van der Waals surface area (Å²) < 4.78 is 49.8. The summed E-state index contributed by atoms with van der Waals surface area (Å²) in [4.78, 5) is 13.7. The maximum Gasteiger partial charge on any atom is 0.231 e. The van der Waals surface area contributed by atoms with Crippen LogP contribution in [0.4, 0.5) is 16.2 Å². The van der Waals surface area contributed by atoms with E-state index in [9.17, 15) is 8.42 Å². The molecule has 0 unspecified atom stereocenters. The zero-order chi connectivity index (χ0) is 30.1. The van der Waals surface area contributed by atoms with Crippen LogP contribution in [0.1, 0.15) is 18.4 Å². The van der Waals surface area contributed by atoms with E-state index in [1.165, 1.54) is 10.7 Å². The molecule has 0 radical (unpaired) electrons. The molecule has 0 bridgehead atoms. The van der Waals surface area contributed by atoms with Gasteiger partial charge in [-0.2, -0.15) is 5.10 Å². The Labute approximate surface area is 248 Å². The highest BCUT2D eigenvalue weighted by Crippen LogP contribution is 2.42. The van der Waals surface area contributed by atoms with E-state index in [0.29, 0.717) is 45.2 Å². The Morgan fingerprint density at radius 3 is 2.70 bits per heavy atom. The number of hydrogen-bond donors (Lipinski definition) is 3. The number of benzene rings is 2. The molecule has 2 aromatic carbocycles. The second kappa shape index (κ2) is 11.6. The first-order valence-electron chi connectivity index (χ1n) is 13.8. The number of pyridine rings is 1. The lowest BCUT2D eigenvalue weighted by Gasteiger charge is -2.23. The van der Waals surface area contributed by atoms with Gasteiger partial charge in [-0.1, -0.05) is 12.1 Å². The van der Waals surface area contributed by atoms with Crippen LogP contribution in [0.2, 0.25) is 0 Å². The normalized spacial score (nSPS) is 15.4. The van der Waals surface area contributed by atoms with Gasteiger partial charge in [0.2, 0.25) is 21.9 Å². The summed E-state index contributed by atoms with van der Waals surface area (Å²) in [6.07, 6.45) is 8.06. The quantitative estimate of drug-likeness (QED) is 0.227. The van der Waals surface area contributed by atoms with Gasteiger partial charge < -0.3 is 15.4 Å². The average molecular weight is 603 g/mol. The summed E-state index contributed by atoms with van der Waals surface area (Å²) in [5, 5.41) is 12.2. The molecular formula is C30H31FN8O3S. The predicted octanol–water partition coefficient (Wildman–Crippen LogP) is 4.87. The van der Waals surface area contributed by atoms with Crippen molar-refractivity contribution < 1.29 is 17.5 Å². The van der Waals surface area contributed by atoms with Crippen molar-refractivity contribution in [3.63, 3.8) is 0 Å². The van der Waals surface area contributed by atoms with E-state index in [0.717, 1.165) is 37.8 Å². The minimum Gasteiger partial charge on any atom is -0.437 e. The number of rotatable bonds is 8. The number of piperidine rings is 1. The topological polar surface area (TPSA) is 136 Å². The van der Waals surface area contributed by atoms with Gasteiger partial charge in [0, 0.05) is 54.7 Å². The lowest BCUT2D eigenvalue weighted by atomic mass is 9.97. The molecule has 222 valence electrons. The Morgan fingerprint density at radius 1 is 1.07 bits per heavy atom. The molecule has 6 rings (SSSR count). The van der Waals surface area contributed by atoms with Crippen LogP contribution in [0.3, 0.4) is 0 Å². The largest absolute Gasteiger partial charge is 0.437 e. The van der Waals surface area contributed by atoms with Crippen molar-refractivity contribution in [1.29, 1.82) is 0 Å². The number of halogens is 1. The summed E-state index contributed by atoms with van der Waals surface area (Å²) in [6.45, 7) is 3.76. The first-order chi connectivity index (χ1) is 20.7. The van der Waals surface area contributed by atoms with Gasteiger partial charge in [0.1, 0.15) is 11.6 Å². The van der Waals surface area contributed by atoms with Gasteiger partial charge in [-0.15, -0.1) is 0 Å². The minimum atomic E-state index is -3.66. The lowest BCUT2D eigenvalue weighted by Crippen LogP contribution is -2.38. The maximum atomic E-state index is 15.5. The number of nitrogens with one attached hydrogen (secondary N) is 3. The van der Waals surface area contributed by atoms with Gasteiger partial charge in [0.25, 0.3) is 0 Å². The number of ether oxygens (including phenoxy) is 1. The van der Waals surface area contributed by atoms with Crippen LogP contribution in [0.15, 0.2) is 61.1 Å². The van der Waals surface area contributed by atoms with Crippen molar-refractivity contribution in [3.8, 4) is 34.0 Å². The van der Waals surface area contributed by atoms with Crippen molar-refractivity contribution in [1.82, 2.24) is 30.0 Å². The number of aryl methyl sites for hydroxylation is 2. The number of nitrogens with zero attached hydrogens (tertiary/aromatic N) is 5. The predicted molar refractivity (Wildman–Crippen MR) is 164 cm³/mol. The van der Waals surface area contributed by atoms with Crippen molar-refractivity contribution in [3.05, 3.63) is 72.4 Å². The van der Waals surface area contributed by atoms with Gasteiger partial charge >= 0.3 is 0 Å². The zero-order valence-corrected chi connectivity index (χ0v) is 24.7. The molecular weight excluding hydrogens is 571 g/mol. The molecule has 3 N–H and O–H groups in total. The smallest absolute Gasteiger partial charge is 0.231 e. The number of fused-ring (bicyclic) bond motifs is 1. The SMILES string of the molecule is Cc1ccc2c(-c3cn(C)nc3NS(C)(=O)=O)c(F)ccc2c1Oc1ncccc1-c1ccnc(N[C@H]2CCCNC2)n1. The third-order valence-corrected chi connectivity index (χ3v) is 7.77. The van der Waals surface area contributed by atoms with E-state index in [1.54, 1.807) is 43.8 Å². The Hall–Kier alpha value is -4.62. The molecule has 0 amide bonds. The fraction of sp³-hybridized carbons (Fsp3) is 0.267. The summed E-state index contributed by atoms with van der Waals surface area (Å²) in [6, 6.07) is 12.3. The third kappa shape index (κ3) is 6.13. The van der Waals surface area contributed by atoms with Gasteiger partial charge in [0.15, 0.2) is 5.82 Å². The highest BCUT2D eigenvalue weighted by atomic mass is 32.2. The first kappa shape index (κ1) is 28.5. The fourth-order valence-corrected chi connectivity index (χ4v) is 5.79. The van der Waals surface area contributed by atoms with E-state index in [2.05, 4.69) is 30.4 Å². The van der Waals surface area contributed by atoms with Crippen LogP contribution < -0.4 is 20.1 Å². The Balaban J connectivity index is 1.41. The van der Waals surface area contributed by atoms with Crippen LogP contribution in [0.5, 0.6) is 11.6 Å². The van der Waals surface area contributed by atoms with Crippen molar-refractivity contribution in [2.75, 3.05) is 29.4 Å². The Morgan fingerprint density at radius 2 is 1.91 bits per heavy atom. The number of anilines is 2. The fourth-order valence-electron chi connectivity index (χ4n) is 5.29. The molecule has 11 nitrogen and oxygen atoms in total. The monoisotopic (exact) mass is 602 g/mol. The van der Waals surface area contributed by atoms with Gasteiger partial charge in [-0.25, -0.2) is 27.8 Å². The molecule has 13 heteroatoms. The molecule has 5 aromatic rings. The second-order valence-electron chi connectivity index (χ2n) is 10.6. The van der Waals surface area contributed by atoms with E-state index < -0.39 is 15.8 Å². The Bertz CT molecular complexity index is 1920. The van der Waals surface area contributed by atoms with E-state index in [-0.39, 0.29) is 17.4 Å². The molecule has 4 heterocycles. The number of sulfonamides is 1. The van der Waals surface area contributed by atoms with E-state index >= 15 is 4.39 Å². The molecule has 1 saturated heterocycles. The van der Waals surface area contributed by atoms with E-state index in [1.807, 2.05) is 25.1 Å². The summed E-state index contributed by atoms with van der Waals surface area (Å²) in [5.41, 5.74) is 2.61. The average Bonchev–Trinajstić information content (AvgIpc) is 3.33. The Kier molecular flexibility index (Phi) is 7.67. The molecule has 1 atom stereocenters. The highest BCUT2D eigenvalue weighted by molar-refractivity contribution is 7.92. The van der Waals surface area contributed by atoms with Crippen molar-refractivity contribution in [2.45, 2.75) is 25.8 Å². The second-order valence-corrected chi connectivity index (χ2v) is 12.3. The number of aromatic nitrogens is 5. The molecule has 0 spiro atoms. The minimum absolute atomic E-state index is 0.0311.